The number of nitriles is 1. The van der Waals surface area contributed by atoms with Gasteiger partial charge in [-0.1, -0.05) is 13.0 Å². The quantitative estimate of drug-likeness (QED) is 0.897. The molecule has 1 N–H and O–H groups in total. The molecule has 0 amide bonds. The van der Waals surface area contributed by atoms with E-state index in [2.05, 4.69) is 24.4 Å². The van der Waals surface area contributed by atoms with Crippen LogP contribution in [0.25, 0.3) is 0 Å². The van der Waals surface area contributed by atoms with Crippen molar-refractivity contribution in [2.75, 3.05) is 14.2 Å². The fourth-order valence-electron chi connectivity index (χ4n) is 2.69. The number of rotatable bonds is 5. The van der Waals surface area contributed by atoms with Gasteiger partial charge in [0, 0.05) is 6.42 Å². The van der Waals surface area contributed by atoms with Crippen LogP contribution in [0.1, 0.15) is 31.7 Å². The molecule has 108 valence electrons. The maximum absolute atomic E-state index is 9.28. The van der Waals surface area contributed by atoms with E-state index in [0.29, 0.717) is 6.42 Å². The predicted octanol–water partition coefficient (Wildman–Crippen LogP) is 2.67. The van der Waals surface area contributed by atoms with Crippen LogP contribution in [0.15, 0.2) is 18.2 Å². The van der Waals surface area contributed by atoms with Crippen LogP contribution in [0.2, 0.25) is 0 Å². The van der Waals surface area contributed by atoms with Crippen LogP contribution in [0.4, 0.5) is 0 Å². The van der Waals surface area contributed by atoms with E-state index in [1.807, 2.05) is 19.2 Å². The first-order valence-electron chi connectivity index (χ1n) is 7.10. The van der Waals surface area contributed by atoms with Crippen LogP contribution in [0.5, 0.6) is 11.5 Å². The Bertz CT molecular complexity index is 510. The number of hydrogen-bond donors (Lipinski definition) is 1. The van der Waals surface area contributed by atoms with Gasteiger partial charge in [0.15, 0.2) is 11.5 Å². The maximum Gasteiger partial charge on any atom is 0.161 e. The second-order valence-corrected chi connectivity index (χ2v) is 5.27. The van der Waals surface area contributed by atoms with Crippen molar-refractivity contribution in [1.82, 2.24) is 5.32 Å². The molecular weight excluding hydrogens is 252 g/mol. The van der Waals surface area contributed by atoms with Crippen molar-refractivity contribution in [2.24, 2.45) is 0 Å². The molecule has 2 rings (SSSR count). The highest BCUT2D eigenvalue weighted by Gasteiger charge is 2.39. The fraction of sp³-hybridized carbons (Fsp3) is 0.562. The van der Waals surface area contributed by atoms with Gasteiger partial charge in [0.1, 0.15) is 11.6 Å². The number of methoxy groups -OCH3 is 1. The highest BCUT2D eigenvalue weighted by Crippen LogP contribution is 2.35. The monoisotopic (exact) mass is 274 g/mol. The van der Waals surface area contributed by atoms with Crippen LogP contribution in [0.3, 0.4) is 0 Å². The van der Waals surface area contributed by atoms with Crippen molar-refractivity contribution < 1.29 is 9.47 Å². The average molecular weight is 274 g/mol. The van der Waals surface area contributed by atoms with Gasteiger partial charge in [-0.25, -0.2) is 0 Å². The Morgan fingerprint density at radius 1 is 1.45 bits per heavy atom. The Balaban J connectivity index is 2.10. The summed E-state index contributed by atoms with van der Waals surface area (Å²) >= 11 is 0. The lowest BCUT2D eigenvalue weighted by atomic mass is 10.0. The topological polar surface area (TPSA) is 54.3 Å². The largest absolute Gasteiger partial charge is 0.493 e. The Morgan fingerprint density at radius 3 is 2.80 bits per heavy atom. The minimum atomic E-state index is -0.443. The molecule has 0 bridgehead atoms. The van der Waals surface area contributed by atoms with Crippen molar-refractivity contribution in [3.8, 4) is 17.6 Å². The zero-order valence-corrected chi connectivity index (χ0v) is 12.4. The summed E-state index contributed by atoms with van der Waals surface area (Å²) in [6, 6.07) is 8.40. The van der Waals surface area contributed by atoms with Gasteiger partial charge in [0.05, 0.1) is 13.2 Å². The number of aryl methyl sites for hydroxylation is 1. The van der Waals surface area contributed by atoms with Crippen molar-refractivity contribution >= 4 is 0 Å². The first-order valence-corrected chi connectivity index (χ1v) is 7.10. The standard InChI is InChI=1S/C16H22N2O2/c1-4-12-5-6-14(15(9-12)19-3)20-13-7-8-16(10-13,11-17)18-2/h5-6,9,13,18H,4,7-8,10H2,1-3H3. The molecule has 1 saturated carbocycles. The molecule has 4 heteroatoms. The van der Waals surface area contributed by atoms with Crippen molar-refractivity contribution in [3.05, 3.63) is 23.8 Å². The molecule has 20 heavy (non-hydrogen) atoms. The molecule has 0 aliphatic heterocycles. The fourth-order valence-corrected chi connectivity index (χ4v) is 2.69. The molecule has 0 spiro atoms. The molecule has 0 radical (unpaired) electrons. The van der Waals surface area contributed by atoms with Crippen molar-refractivity contribution in [2.45, 2.75) is 44.2 Å². The maximum atomic E-state index is 9.28. The highest BCUT2D eigenvalue weighted by atomic mass is 16.5. The molecule has 1 fully saturated rings. The summed E-state index contributed by atoms with van der Waals surface area (Å²) < 4.78 is 11.4. The Kier molecular flexibility index (Phi) is 4.51. The number of benzene rings is 1. The zero-order chi connectivity index (χ0) is 14.6. The van der Waals surface area contributed by atoms with Crippen LogP contribution < -0.4 is 14.8 Å². The van der Waals surface area contributed by atoms with Crippen LogP contribution in [-0.2, 0) is 6.42 Å². The summed E-state index contributed by atoms with van der Waals surface area (Å²) in [7, 11) is 3.49. The summed E-state index contributed by atoms with van der Waals surface area (Å²) in [5, 5.41) is 12.4. The Labute approximate surface area is 120 Å². The molecule has 2 atom stereocenters. The second kappa shape index (κ2) is 6.15. The van der Waals surface area contributed by atoms with Gasteiger partial charge in [-0.2, -0.15) is 5.26 Å². The van der Waals surface area contributed by atoms with E-state index in [4.69, 9.17) is 9.47 Å². The summed E-state index contributed by atoms with van der Waals surface area (Å²) in [6.45, 7) is 2.11. The van der Waals surface area contributed by atoms with Gasteiger partial charge in [0.2, 0.25) is 0 Å². The summed E-state index contributed by atoms with van der Waals surface area (Å²) in [4.78, 5) is 0. The van der Waals surface area contributed by atoms with E-state index in [0.717, 1.165) is 30.8 Å². The van der Waals surface area contributed by atoms with E-state index in [9.17, 15) is 5.26 Å². The number of nitrogens with one attached hydrogen (secondary N) is 1. The number of hydrogen-bond acceptors (Lipinski definition) is 4. The van der Waals surface area contributed by atoms with E-state index in [-0.39, 0.29) is 6.10 Å². The normalized spacial score (nSPS) is 25.2. The van der Waals surface area contributed by atoms with E-state index >= 15 is 0 Å². The lowest BCUT2D eigenvalue weighted by molar-refractivity contribution is 0.193. The molecule has 0 aromatic heterocycles. The molecule has 2 unspecified atom stereocenters. The molecule has 1 aliphatic carbocycles. The number of ether oxygens (including phenoxy) is 2. The summed E-state index contributed by atoms with van der Waals surface area (Å²) in [5.74, 6) is 1.53. The Morgan fingerprint density at radius 2 is 2.25 bits per heavy atom. The molecule has 1 aromatic rings. The first-order chi connectivity index (χ1) is 9.66. The lowest BCUT2D eigenvalue weighted by Gasteiger charge is -2.21. The SMILES string of the molecule is CCc1ccc(OC2CCC(C#N)(NC)C2)c(OC)c1. The second-order valence-electron chi connectivity index (χ2n) is 5.27. The first kappa shape index (κ1) is 14.7. The van der Waals surface area contributed by atoms with Gasteiger partial charge in [-0.15, -0.1) is 0 Å². The van der Waals surface area contributed by atoms with Crippen molar-refractivity contribution in [3.63, 3.8) is 0 Å². The molecule has 1 aliphatic rings. The van der Waals surface area contributed by atoms with Gasteiger partial charge in [-0.3, -0.25) is 0 Å². The summed E-state index contributed by atoms with van der Waals surface area (Å²) in [6.07, 6.45) is 3.44. The van der Waals surface area contributed by atoms with Crippen LogP contribution in [0, 0.1) is 11.3 Å². The predicted molar refractivity (Wildman–Crippen MR) is 78.0 cm³/mol. The van der Waals surface area contributed by atoms with E-state index in [1.54, 1.807) is 7.11 Å². The van der Waals surface area contributed by atoms with Gasteiger partial charge >= 0.3 is 0 Å². The third-order valence-electron chi connectivity index (χ3n) is 4.09. The smallest absolute Gasteiger partial charge is 0.161 e. The van der Waals surface area contributed by atoms with Gasteiger partial charge < -0.3 is 14.8 Å². The van der Waals surface area contributed by atoms with Gasteiger partial charge in [-0.05, 0) is 44.0 Å². The molecule has 0 saturated heterocycles. The molecular formula is C16H22N2O2. The highest BCUT2D eigenvalue weighted by molar-refractivity contribution is 5.43. The van der Waals surface area contributed by atoms with Crippen molar-refractivity contribution in [1.29, 1.82) is 5.26 Å². The summed E-state index contributed by atoms with van der Waals surface area (Å²) in [5.41, 5.74) is 0.781. The zero-order valence-electron chi connectivity index (χ0n) is 12.4. The van der Waals surface area contributed by atoms with Crippen LogP contribution in [-0.4, -0.2) is 25.8 Å². The third-order valence-corrected chi connectivity index (χ3v) is 4.09. The van der Waals surface area contributed by atoms with E-state index in [1.165, 1.54) is 5.56 Å². The molecule has 0 heterocycles. The Hall–Kier alpha value is -1.73. The third kappa shape index (κ3) is 2.88. The lowest BCUT2D eigenvalue weighted by Crippen LogP contribution is -2.39. The van der Waals surface area contributed by atoms with E-state index < -0.39 is 5.54 Å². The average Bonchev–Trinajstić information content (AvgIpc) is 2.91. The minimum Gasteiger partial charge on any atom is -0.493 e. The van der Waals surface area contributed by atoms with Crippen LogP contribution >= 0.6 is 0 Å². The molecule has 4 nitrogen and oxygen atoms in total. The van der Waals surface area contributed by atoms with Gasteiger partial charge in [0.25, 0.3) is 0 Å². The molecule has 1 aromatic carbocycles. The minimum absolute atomic E-state index is 0.0588. The number of nitrogens with zero attached hydrogens (tertiary/aromatic N) is 1.